The fourth-order valence-electron chi connectivity index (χ4n) is 2.45. The van der Waals surface area contributed by atoms with Gasteiger partial charge in [0.2, 0.25) is 0 Å². The van der Waals surface area contributed by atoms with E-state index in [0.717, 1.165) is 5.56 Å². The van der Waals surface area contributed by atoms with Crippen molar-refractivity contribution in [3.8, 4) is 22.6 Å². The van der Waals surface area contributed by atoms with Crippen molar-refractivity contribution in [2.45, 2.75) is 13.8 Å². The highest BCUT2D eigenvalue weighted by molar-refractivity contribution is 6.30. The first kappa shape index (κ1) is 15.4. The Morgan fingerprint density at radius 2 is 1.70 bits per heavy atom. The molecule has 0 radical (unpaired) electrons. The molecule has 0 unspecified atom stereocenters. The van der Waals surface area contributed by atoms with E-state index in [4.69, 9.17) is 20.8 Å². The normalized spacial score (nSPS) is 10.6. The summed E-state index contributed by atoms with van der Waals surface area (Å²) in [6.07, 6.45) is 0. The van der Waals surface area contributed by atoms with Gasteiger partial charge < -0.3 is 9.15 Å². The number of hydrogen-bond acceptors (Lipinski definition) is 3. The van der Waals surface area contributed by atoms with Crippen LogP contribution in [-0.4, -0.2) is 0 Å². The van der Waals surface area contributed by atoms with Gasteiger partial charge in [-0.3, -0.25) is 4.79 Å². The minimum absolute atomic E-state index is 0.0465. The summed E-state index contributed by atoms with van der Waals surface area (Å²) in [5.74, 6) is 2.55. The molecule has 0 aliphatic rings. The van der Waals surface area contributed by atoms with E-state index in [1.54, 1.807) is 26.0 Å². The number of hydrogen-bond donors (Lipinski definition) is 0. The molecule has 0 amide bonds. The van der Waals surface area contributed by atoms with Crippen LogP contribution in [0.25, 0.3) is 11.1 Å². The zero-order valence-corrected chi connectivity index (χ0v) is 13.6. The molecule has 116 valence electrons. The standard InChI is InChI=1S/C19H15ClO3/c1-12-10-18(21)19(13(2)22-12)14-6-8-16(9-7-14)23-17-5-3-4-15(20)11-17/h3-11H,1-2H3. The molecule has 23 heavy (non-hydrogen) atoms. The van der Waals surface area contributed by atoms with Gasteiger partial charge in [-0.2, -0.15) is 0 Å². The monoisotopic (exact) mass is 326 g/mol. The molecule has 0 N–H and O–H groups in total. The van der Waals surface area contributed by atoms with Gasteiger partial charge in [0, 0.05) is 11.1 Å². The van der Waals surface area contributed by atoms with E-state index < -0.39 is 0 Å². The van der Waals surface area contributed by atoms with Gasteiger partial charge in [-0.15, -0.1) is 0 Å². The van der Waals surface area contributed by atoms with Crippen molar-refractivity contribution in [2.24, 2.45) is 0 Å². The van der Waals surface area contributed by atoms with Crippen molar-refractivity contribution in [3.63, 3.8) is 0 Å². The van der Waals surface area contributed by atoms with Gasteiger partial charge in [-0.05, 0) is 49.7 Å². The third-order valence-electron chi connectivity index (χ3n) is 3.42. The maximum atomic E-state index is 12.2. The van der Waals surface area contributed by atoms with E-state index >= 15 is 0 Å². The molecule has 3 aromatic rings. The maximum Gasteiger partial charge on any atom is 0.193 e. The van der Waals surface area contributed by atoms with Crippen LogP contribution in [0.5, 0.6) is 11.5 Å². The minimum Gasteiger partial charge on any atom is -0.466 e. The summed E-state index contributed by atoms with van der Waals surface area (Å²) in [4.78, 5) is 12.2. The Hall–Kier alpha value is -2.52. The summed E-state index contributed by atoms with van der Waals surface area (Å²) in [5, 5.41) is 0.618. The Morgan fingerprint density at radius 1 is 0.957 bits per heavy atom. The van der Waals surface area contributed by atoms with Gasteiger partial charge in [-0.1, -0.05) is 29.8 Å². The van der Waals surface area contributed by atoms with Gasteiger partial charge >= 0.3 is 0 Å². The minimum atomic E-state index is -0.0465. The molecule has 3 rings (SSSR count). The van der Waals surface area contributed by atoms with Crippen molar-refractivity contribution < 1.29 is 9.15 Å². The van der Waals surface area contributed by atoms with Gasteiger partial charge in [0.15, 0.2) is 5.43 Å². The molecule has 3 nitrogen and oxygen atoms in total. The number of benzene rings is 2. The molecule has 0 atom stereocenters. The summed E-state index contributed by atoms with van der Waals surface area (Å²) in [6.45, 7) is 3.56. The first-order chi connectivity index (χ1) is 11.0. The van der Waals surface area contributed by atoms with Crippen LogP contribution in [0.2, 0.25) is 5.02 Å². The molecule has 0 saturated heterocycles. The highest BCUT2D eigenvalue weighted by Crippen LogP contribution is 2.27. The summed E-state index contributed by atoms with van der Waals surface area (Å²) in [6, 6.07) is 16.0. The van der Waals surface area contributed by atoms with Gasteiger partial charge in [0.25, 0.3) is 0 Å². The Labute approximate surface area is 139 Å². The van der Waals surface area contributed by atoms with E-state index in [1.807, 2.05) is 36.4 Å². The molecule has 1 aromatic heterocycles. The smallest absolute Gasteiger partial charge is 0.193 e. The zero-order chi connectivity index (χ0) is 16.4. The Balaban J connectivity index is 1.90. The second-order valence-corrected chi connectivity index (χ2v) is 5.67. The molecule has 1 heterocycles. The van der Waals surface area contributed by atoms with Crippen LogP contribution < -0.4 is 10.2 Å². The van der Waals surface area contributed by atoms with E-state index in [0.29, 0.717) is 33.6 Å². The van der Waals surface area contributed by atoms with Crippen LogP contribution >= 0.6 is 11.6 Å². The lowest BCUT2D eigenvalue weighted by molar-refractivity contribution is 0.482. The predicted octanol–water partition coefficient (Wildman–Crippen LogP) is 5.37. The SMILES string of the molecule is Cc1cc(=O)c(-c2ccc(Oc3cccc(Cl)c3)cc2)c(C)o1. The van der Waals surface area contributed by atoms with E-state index in [-0.39, 0.29) is 5.43 Å². The quantitative estimate of drug-likeness (QED) is 0.649. The third kappa shape index (κ3) is 3.46. The average Bonchev–Trinajstić information content (AvgIpc) is 2.48. The molecule has 0 fully saturated rings. The average molecular weight is 327 g/mol. The number of halogens is 1. The summed E-state index contributed by atoms with van der Waals surface area (Å²) >= 11 is 5.94. The highest BCUT2D eigenvalue weighted by Gasteiger charge is 2.10. The maximum absolute atomic E-state index is 12.2. The lowest BCUT2D eigenvalue weighted by Gasteiger charge is -2.08. The van der Waals surface area contributed by atoms with Crippen molar-refractivity contribution in [2.75, 3.05) is 0 Å². The fraction of sp³-hybridized carbons (Fsp3) is 0.105. The molecular formula is C19H15ClO3. The highest BCUT2D eigenvalue weighted by atomic mass is 35.5. The molecule has 0 spiro atoms. The van der Waals surface area contributed by atoms with Gasteiger partial charge in [-0.25, -0.2) is 0 Å². The van der Waals surface area contributed by atoms with Crippen molar-refractivity contribution in [1.29, 1.82) is 0 Å². The first-order valence-electron chi connectivity index (χ1n) is 7.18. The molecule has 0 aliphatic carbocycles. The van der Waals surface area contributed by atoms with Gasteiger partial charge in [0.05, 0.1) is 5.56 Å². The van der Waals surface area contributed by atoms with Crippen LogP contribution in [0, 0.1) is 13.8 Å². The molecule has 2 aromatic carbocycles. The Kier molecular flexibility index (Phi) is 4.22. The number of aryl methyl sites for hydroxylation is 2. The second-order valence-electron chi connectivity index (χ2n) is 5.24. The number of ether oxygens (including phenoxy) is 1. The molecule has 0 aliphatic heterocycles. The van der Waals surface area contributed by atoms with Crippen molar-refractivity contribution >= 4 is 11.6 Å². The molecule has 0 saturated carbocycles. The molecule has 0 bridgehead atoms. The van der Waals surface area contributed by atoms with Crippen molar-refractivity contribution in [1.82, 2.24) is 0 Å². The van der Waals surface area contributed by atoms with Crippen LogP contribution in [-0.2, 0) is 0 Å². The zero-order valence-electron chi connectivity index (χ0n) is 12.8. The summed E-state index contributed by atoms with van der Waals surface area (Å²) in [7, 11) is 0. The second kappa shape index (κ2) is 6.31. The molecular weight excluding hydrogens is 312 g/mol. The van der Waals surface area contributed by atoms with Gasteiger partial charge in [0.1, 0.15) is 23.0 Å². The van der Waals surface area contributed by atoms with E-state index in [1.165, 1.54) is 6.07 Å². The van der Waals surface area contributed by atoms with E-state index in [2.05, 4.69) is 0 Å². The third-order valence-corrected chi connectivity index (χ3v) is 3.66. The van der Waals surface area contributed by atoms with Crippen LogP contribution in [0.1, 0.15) is 11.5 Å². The lowest BCUT2D eigenvalue weighted by atomic mass is 10.0. The number of rotatable bonds is 3. The summed E-state index contributed by atoms with van der Waals surface area (Å²) < 4.78 is 11.3. The Morgan fingerprint density at radius 3 is 2.35 bits per heavy atom. The predicted molar refractivity (Wildman–Crippen MR) is 91.4 cm³/mol. The van der Waals surface area contributed by atoms with Crippen LogP contribution in [0.4, 0.5) is 0 Å². The lowest BCUT2D eigenvalue weighted by Crippen LogP contribution is -2.06. The van der Waals surface area contributed by atoms with Crippen LogP contribution in [0.15, 0.2) is 63.8 Å². The Bertz CT molecular complexity index is 895. The van der Waals surface area contributed by atoms with Crippen LogP contribution in [0.3, 0.4) is 0 Å². The van der Waals surface area contributed by atoms with E-state index in [9.17, 15) is 4.79 Å². The fourth-order valence-corrected chi connectivity index (χ4v) is 2.63. The molecule has 4 heteroatoms. The summed E-state index contributed by atoms with van der Waals surface area (Å²) in [5.41, 5.74) is 1.33. The first-order valence-corrected chi connectivity index (χ1v) is 7.56. The largest absolute Gasteiger partial charge is 0.466 e. The van der Waals surface area contributed by atoms with Crippen molar-refractivity contribution in [3.05, 3.63) is 81.4 Å². The topological polar surface area (TPSA) is 39.4 Å².